The molecular formula is C11H18O. The molecule has 0 aliphatic rings. The number of furan rings is 1. The van der Waals surface area contributed by atoms with Gasteiger partial charge in [-0.2, -0.15) is 0 Å². The summed E-state index contributed by atoms with van der Waals surface area (Å²) in [5.41, 5.74) is 1.42. The SMILES string of the molecule is CCCCc1ccoc1CCC. The van der Waals surface area contributed by atoms with Crippen LogP contribution in [0.15, 0.2) is 16.7 Å². The molecule has 1 heterocycles. The fraction of sp³-hybridized carbons (Fsp3) is 0.636. The highest BCUT2D eigenvalue weighted by Gasteiger charge is 2.03. The summed E-state index contributed by atoms with van der Waals surface area (Å²) in [6.45, 7) is 4.41. The van der Waals surface area contributed by atoms with E-state index in [1.54, 1.807) is 0 Å². The molecule has 0 aromatic carbocycles. The Morgan fingerprint density at radius 1 is 1.17 bits per heavy atom. The Hall–Kier alpha value is -0.720. The molecule has 0 saturated carbocycles. The lowest BCUT2D eigenvalue weighted by molar-refractivity contribution is 0.500. The topological polar surface area (TPSA) is 13.1 Å². The maximum atomic E-state index is 5.40. The van der Waals surface area contributed by atoms with E-state index in [1.807, 2.05) is 6.26 Å². The molecule has 68 valence electrons. The standard InChI is InChI=1S/C11H18O/c1-3-5-7-10-8-9-12-11(10)6-4-2/h8-9H,3-7H2,1-2H3. The highest BCUT2D eigenvalue weighted by molar-refractivity contribution is 5.17. The molecule has 1 aromatic rings. The first kappa shape index (κ1) is 9.37. The average Bonchev–Trinajstić information content (AvgIpc) is 2.50. The van der Waals surface area contributed by atoms with Crippen molar-refractivity contribution in [1.82, 2.24) is 0 Å². The minimum atomic E-state index is 1.09. The summed E-state index contributed by atoms with van der Waals surface area (Å²) >= 11 is 0. The third-order valence-electron chi connectivity index (χ3n) is 2.11. The molecule has 0 fully saturated rings. The minimum absolute atomic E-state index is 1.09. The largest absolute Gasteiger partial charge is 0.469 e. The summed E-state index contributed by atoms with van der Waals surface area (Å²) in [5.74, 6) is 1.20. The van der Waals surface area contributed by atoms with Gasteiger partial charge in [-0.3, -0.25) is 0 Å². The fourth-order valence-electron chi connectivity index (χ4n) is 1.40. The summed E-state index contributed by atoms with van der Waals surface area (Å²) in [5, 5.41) is 0. The number of rotatable bonds is 5. The van der Waals surface area contributed by atoms with Crippen LogP contribution in [-0.4, -0.2) is 0 Å². The van der Waals surface area contributed by atoms with Gasteiger partial charge in [-0.05, 0) is 30.9 Å². The van der Waals surface area contributed by atoms with E-state index < -0.39 is 0 Å². The van der Waals surface area contributed by atoms with Gasteiger partial charge in [0.1, 0.15) is 5.76 Å². The first-order valence-electron chi connectivity index (χ1n) is 4.93. The predicted octanol–water partition coefficient (Wildman–Crippen LogP) is 3.57. The Balaban J connectivity index is 2.51. The predicted molar refractivity (Wildman–Crippen MR) is 51.3 cm³/mol. The van der Waals surface area contributed by atoms with E-state index in [4.69, 9.17) is 4.42 Å². The van der Waals surface area contributed by atoms with Crippen molar-refractivity contribution in [3.63, 3.8) is 0 Å². The van der Waals surface area contributed by atoms with E-state index in [2.05, 4.69) is 19.9 Å². The maximum Gasteiger partial charge on any atom is 0.106 e. The van der Waals surface area contributed by atoms with Crippen molar-refractivity contribution < 1.29 is 4.42 Å². The highest BCUT2D eigenvalue weighted by atomic mass is 16.3. The van der Waals surface area contributed by atoms with Gasteiger partial charge in [0, 0.05) is 6.42 Å². The van der Waals surface area contributed by atoms with Gasteiger partial charge in [0.05, 0.1) is 6.26 Å². The van der Waals surface area contributed by atoms with Gasteiger partial charge in [0.25, 0.3) is 0 Å². The zero-order chi connectivity index (χ0) is 8.81. The summed E-state index contributed by atoms with van der Waals surface area (Å²) in [4.78, 5) is 0. The molecule has 12 heavy (non-hydrogen) atoms. The van der Waals surface area contributed by atoms with Crippen LogP contribution in [0.25, 0.3) is 0 Å². The third-order valence-corrected chi connectivity index (χ3v) is 2.11. The van der Waals surface area contributed by atoms with E-state index in [0.717, 1.165) is 6.42 Å². The third kappa shape index (κ3) is 2.40. The normalized spacial score (nSPS) is 10.5. The molecular weight excluding hydrogens is 148 g/mol. The summed E-state index contributed by atoms with van der Waals surface area (Å²) < 4.78 is 5.40. The number of aryl methyl sites for hydroxylation is 2. The van der Waals surface area contributed by atoms with Crippen LogP contribution in [0.3, 0.4) is 0 Å². The summed E-state index contributed by atoms with van der Waals surface area (Å²) in [6, 6.07) is 2.11. The molecule has 0 aliphatic heterocycles. The molecule has 1 aromatic heterocycles. The number of unbranched alkanes of at least 4 members (excludes halogenated alkanes) is 1. The van der Waals surface area contributed by atoms with Crippen LogP contribution < -0.4 is 0 Å². The zero-order valence-electron chi connectivity index (χ0n) is 8.10. The van der Waals surface area contributed by atoms with Crippen molar-refractivity contribution in [3.05, 3.63) is 23.7 Å². The highest BCUT2D eigenvalue weighted by Crippen LogP contribution is 2.15. The van der Waals surface area contributed by atoms with E-state index in [-0.39, 0.29) is 0 Å². The summed E-state index contributed by atoms with van der Waals surface area (Å²) in [7, 11) is 0. The lowest BCUT2D eigenvalue weighted by atomic mass is 10.1. The lowest BCUT2D eigenvalue weighted by Crippen LogP contribution is -1.88. The van der Waals surface area contributed by atoms with Crippen LogP contribution in [0, 0.1) is 0 Å². The van der Waals surface area contributed by atoms with Crippen molar-refractivity contribution in [2.45, 2.75) is 46.0 Å². The van der Waals surface area contributed by atoms with Crippen LogP contribution in [0.2, 0.25) is 0 Å². The van der Waals surface area contributed by atoms with E-state index in [9.17, 15) is 0 Å². The van der Waals surface area contributed by atoms with Crippen LogP contribution in [0.1, 0.15) is 44.4 Å². The molecule has 0 atom stereocenters. The maximum absolute atomic E-state index is 5.40. The zero-order valence-corrected chi connectivity index (χ0v) is 8.10. The second kappa shape index (κ2) is 5.02. The molecule has 0 spiro atoms. The molecule has 0 radical (unpaired) electrons. The van der Waals surface area contributed by atoms with Crippen LogP contribution in [0.5, 0.6) is 0 Å². The van der Waals surface area contributed by atoms with Gasteiger partial charge in [-0.1, -0.05) is 20.3 Å². The molecule has 1 rings (SSSR count). The van der Waals surface area contributed by atoms with Crippen molar-refractivity contribution in [2.24, 2.45) is 0 Å². The van der Waals surface area contributed by atoms with Crippen LogP contribution in [-0.2, 0) is 12.8 Å². The van der Waals surface area contributed by atoms with Crippen molar-refractivity contribution >= 4 is 0 Å². The van der Waals surface area contributed by atoms with E-state index >= 15 is 0 Å². The van der Waals surface area contributed by atoms with Crippen LogP contribution >= 0.6 is 0 Å². The number of hydrogen-bond donors (Lipinski definition) is 0. The molecule has 0 aliphatic carbocycles. The molecule has 1 nitrogen and oxygen atoms in total. The Kier molecular flexibility index (Phi) is 3.92. The van der Waals surface area contributed by atoms with Crippen LogP contribution in [0.4, 0.5) is 0 Å². The lowest BCUT2D eigenvalue weighted by Gasteiger charge is -1.98. The molecule has 0 amide bonds. The molecule has 0 N–H and O–H groups in total. The monoisotopic (exact) mass is 166 g/mol. The van der Waals surface area contributed by atoms with Gasteiger partial charge in [-0.15, -0.1) is 0 Å². The van der Waals surface area contributed by atoms with Gasteiger partial charge in [-0.25, -0.2) is 0 Å². The Morgan fingerprint density at radius 3 is 2.67 bits per heavy atom. The molecule has 0 bridgehead atoms. The van der Waals surface area contributed by atoms with Crippen molar-refractivity contribution in [3.8, 4) is 0 Å². The number of hydrogen-bond acceptors (Lipinski definition) is 1. The smallest absolute Gasteiger partial charge is 0.106 e. The Labute approximate surface area is 74.8 Å². The van der Waals surface area contributed by atoms with Gasteiger partial charge >= 0.3 is 0 Å². The van der Waals surface area contributed by atoms with Gasteiger partial charge in [0.2, 0.25) is 0 Å². The summed E-state index contributed by atoms with van der Waals surface area (Å²) in [6.07, 6.45) is 7.80. The average molecular weight is 166 g/mol. The molecule has 0 unspecified atom stereocenters. The minimum Gasteiger partial charge on any atom is -0.469 e. The van der Waals surface area contributed by atoms with E-state index in [1.165, 1.54) is 37.0 Å². The molecule has 1 heteroatoms. The van der Waals surface area contributed by atoms with Crippen molar-refractivity contribution in [2.75, 3.05) is 0 Å². The Bertz CT molecular complexity index is 213. The fourth-order valence-corrected chi connectivity index (χ4v) is 1.40. The Morgan fingerprint density at radius 2 is 2.00 bits per heavy atom. The second-order valence-corrected chi connectivity index (χ2v) is 3.22. The quantitative estimate of drug-likeness (QED) is 0.651. The van der Waals surface area contributed by atoms with Gasteiger partial charge in [0.15, 0.2) is 0 Å². The first-order valence-corrected chi connectivity index (χ1v) is 4.93. The second-order valence-electron chi connectivity index (χ2n) is 3.22. The first-order chi connectivity index (χ1) is 5.88. The van der Waals surface area contributed by atoms with E-state index in [0.29, 0.717) is 0 Å². The van der Waals surface area contributed by atoms with Crippen molar-refractivity contribution in [1.29, 1.82) is 0 Å². The van der Waals surface area contributed by atoms with Gasteiger partial charge < -0.3 is 4.42 Å². The molecule has 0 saturated heterocycles.